The number of benzene rings is 2. The van der Waals surface area contributed by atoms with Crippen LogP contribution in [0.5, 0.6) is 5.75 Å². The van der Waals surface area contributed by atoms with E-state index in [1.807, 2.05) is 0 Å². The summed E-state index contributed by atoms with van der Waals surface area (Å²) in [7, 11) is 0. The van der Waals surface area contributed by atoms with E-state index in [2.05, 4.69) is 9.84 Å². The molecule has 0 bridgehead atoms. The largest absolute Gasteiger partial charge is 0.457 e. The maximum atomic E-state index is 12.6. The quantitative estimate of drug-likeness (QED) is 0.527. The van der Waals surface area contributed by atoms with E-state index in [0.717, 1.165) is 4.68 Å². The van der Waals surface area contributed by atoms with Crippen molar-refractivity contribution in [1.29, 1.82) is 0 Å². The molecule has 0 N–H and O–H groups in total. The van der Waals surface area contributed by atoms with Gasteiger partial charge in [-0.15, -0.1) is 0 Å². The van der Waals surface area contributed by atoms with Gasteiger partial charge in [0.25, 0.3) is 5.56 Å². The number of halogens is 4. The van der Waals surface area contributed by atoms with Crippen LogP contribution in [0.15, 0.2) is 59.5 Å². The van der Waals surface area contributed by atoms with Gasteiger partial charge in [-0.25, -0.2) is 4.79 Å². The summed E-state index contributed by atoms with van der Waals surface area (Å²) < 4.78 is 35.6. The van der Waals surface area contributed by atoms with Crippen molar-refractivity contribution in [3.63, 3.8) is 0 Å². The van der Waals surface area contributed by atoms with Crippen LogP contribution in [0.1, 0.15) is 15.9 Å². The monoisotopic (exact) mass is 440 g/mol. The number of alkyl halides is 2. The Kier molecular flexibility index (Phi) is 6.46. The molecule has 2 aromatic carbocycles. The molecule has 0 unspecified atom stereocenters. The molecule has 1 aromatic heterocycles. The van der Waals surface area contributed by atoms with E-state index in [0.29, 0.717) is 0 Å². The number of aromatic nitrogens is 2. The van der Waals surface area contributed by atoms with Crippen LogP contribution < -0.4 is 10.3 Å². The SMILES string of the molecule is O=C(OCc1ccccc1OC(F)F)c1ccccc1-n1ncc(Cl)c(Cl)c1=O. The average Bonchev–Trinajstić information content (AvgIpc) is 2.71. The predicted octanol–water partition coefficient (Wildman–Crippen LogP) is 4.50. The van der Waals surface area contributed by atoms with Gasteiger partial charge in [-0.1, -0.05) is 53.5 Å². The molecule has 0 saturated carbocycles. The molecule has 0 aliphatic rings. The van der Waals surface area contributed by atoms with Crippen LogP contribution >= 0.6 is 23.2 Å². The molecule has 3 aromatic rings. The van der Waals surface area contributed by atoms with Gasteiger partial charge in [0.1, 0.15) is 17.4 Å². The summed E-state index contributed by atoms with van der Waals surface area (Å²) >= 11 is 11.6. The van der Waals surface area contributed by atoms with Crippen molar-refractivity contribution in [1.82, 2.24) is 9.78 Å². The summed E-state index contributed by atoms with van der Waals surface area (Å²) in [5, 5.41) is 3.62. The lowest BCUT2D eigenvalue weighted by Crippen LogP contribution is -2.24. The average molecular weight is 441 g/mol. The molecule has 0 atom stereocenters. The zero-order valence-corrected chi connectivity index (χ0v) is 16.0. The van der Waals surface area contributed by atoms with Crippen LogP contribution in [-0.4, -0.2) is 22.4 Å². The number of carbonyl (C=O) groups is 1. The highest BCUT2D eigenvalue weighted by Crippen LogP contribution is 2.23. The number of carbonyl (C=O) groups excluding carboxylic acids is 1. The molecule has 29 heavy (non-hydrogen) atoms. The Hall–Kier alpha value is -2.97. The highest BCUT2D eigenvalue weighted by Gasteiger charge is 2.18. The van der Waals surface area contributed by atoms with Gasteiger partial charge in [0.15, 0.2) is 0 Å². The molecule has 3 rings (SSSR count). The second kappa shape index (κ2) is 9.02. The molecule has 10 heteroatoms. The molecule has 0 saturated heterocycles. The zero-order chi connectivity index (χ0) is 21.0. The minimum atomic E-state index is -3.01. The molecule has 0 aliphatic heterocycles. The summed E-state index contributed by atoms with van der Waals surface area (Å²) in [4.78, 5) is 24.9. The van der Waals surface area contributed by atoms with Crippen molar-refractivity contribution >= 4 is 29.2 Å². The van der Waals surface area contributed by atoms with Crippen LogP contribution in [0.4, 0.5) is 8.78 Å². The van der Waals surface area contributed by atoms with Crippen LogP contribution in [0, 0.1) is 0 Å². The molecular formula is C19H12Cl2F2N2O4. The van der Waals surface area contributed by atoms with Gasteiger partial charge in [0.05, 0.1) is 22.5 Å². The summed E-state index contributed by atoms with van der Waals surface area (Å²) in [6.07, 6.45) is 1.17. The predicted molar refractivity (Wildman–Crippen MR) is 102 cm³/mol. The van der Waals surface area contributed by atoms with Gasteiger partial charge in [-0.05, 0) is 18.2 Å². The Morgan fingerprint density at radius 3 is 2.55 bits per heavy atom. The lowest BCUT2D eigenvalue weighted by Gasteiger charge is -2.13. The lowest BCUT2D eigenvalue weighted by molar-refractivity contribution is -0.0510. The number of rotatable bonds is 6. The third-order valence-electron chi connectivity index (χ3n) is 3.78. The number of ether oxygens (including phenoxy) is 2. The van der Waals surface area contributed by atoms with Crippen molar-refractivity contribution in [2.24, 2.45) is 0 Å². The standard InChI is InChI=1S/C19H12Cl2F2N2O4/c20-13-9-24-25(17(26)16(13)21)14-7-3-2-6-12(14)18(27)28-10-11-5-1-4-8-15(11)29-19(22)23/h1-9,19H,10H2. The van der Waals surface area contributed by atoms with E-state index < -0.39 is 18.1 Å². The summed E-state index contributed by atoms with van der Waals surface area (Å²) in [6.45, 7) is -3.33. The molecule has 0 fully saturated rings. The Bertz CT molecular complexity index is 1110. The van der Waals surface area contributed by atoms with E-state index >= 15 is 0 Å². The highest BCUT2D eigenvalue weighted by atomic mass is 35.5. The first-order valence-corrected chi connectivity index (χ1v) is 8.86. The Balaban J connectivity index is 1.87. The first kappa shape index (κ1) is 20.8. The van der Waals surface area contributed by atoms with Gasteiger partial charge in [-0.3, -0.25) is 4.79 Å². The third kappa shape index (κ3) is 4.72. The maximum absolute atomic E-state index is 12.6. The number of hydrogen-bond donors (Lipinski definition) is 0. The number of nitrogens with zero attached hydrogens (tertiary/aromatic N) is 2. The van der Waals surface area contributed by atoms with Crippen molar-refractivity contribution in [3.8, 4) is 11.4 Å². The van der Waals surface area contributed by atoms with E-state index in [1.54, 1.807) is 18.2 Å². The summed E-state index contributed by atoms with van der Waals surface area (Å²) in [5.74, 6) is -0.904. The Morgan fingerprint density at radius 2 is 1.79 bits per heavy atom. The normalized spacial score (nSPS) is 10.8. The molecule has 1 heterocycles. The minimum absolute atomic E-state index is 0.0211. The smallest absolute Gasteiger partial charge is 0.387 e. The molecule has 0 amide bonds. The van der Waals surface area contributed by atoms with E-state index in [4.69, 9.17) is 27.9 Å². The third-order valence-corrected chi connectivity index (χ3v) is 4.52. The van der Waals surface area contributed by atoms with Crippen molar-refractivity contribution < 1.29 is 23.0 Å². The minimum Gasteiger partial charge on any atom is -0.457 e. The fraction of sp³-hybridized carbons (Fsp3) is 0.105. The molecule has 150 valence electrons. The van der Waals surface area contributed by atoms with Gasteiger partial charge in [0.2, 0.25) is 0 Å². The number of hydrogen-bond acceptors (Lipinski definition) is 5. The zero-order valence-electron chi connectivity index (χ0n) is 14.5. The van der Waals surface area contributed by atoms with Crippen molar-refractivity contribution in [2.75, 3.05) is 0 Å². The van der Waals surface area contributed by atoms with E-state index in [-0.39, 0.29) is 39.2 Å². The van der Waals surface area contributed by atoms with Crippen LogP contribution in [0.2, 0.25) is 10.0 Å². The van der Waals surface area contributed by atoms with Crippen LogP contribution in [0.25, 0.3) is 5.69 Å². The second-order valence-electron chi connectivity index (χ2n) is 5.60. The molecule has 0 spiro atoms. The second-order valence-corrected chi connectivity index (χ2v) is 6.39. The van der Waals surface area contributed by atoms with Crippen LogP contribution in [-0.2, 0) is 11.3 Å². The summed E-state index contributed by atoms with van der Waals surface area (Å²) in [6, 6.07) is 12.0. The number of esters is 1. The Labute approximate surface area is 173 Å². The van der Waals surface area contributed by atoms with E-state index in [9.17, 15) is 18.4 Å². The Morgan fingerprint density at radius 1 is 1.10 bits per heavy atom. The van der Waals surface area contributed by atoms with Crippen LogP contribution in [0.3, 0.4) is 0 Å². The van der Waals surface area contributed by atoms with Gasteiger partial charge >= 0.3 is 12.6 Å². The maximum Gasteiger partial charge on any atom is 0.387 e. The first-order chi connectivity index (χ1) is 13.9. The highest BCUT2D eigenvalue weighted by molar-refractivity contribution is 6.41. The van der Waals surface area contributed by atoms with Gasteiger partial charge in [0, 0.05) is 5.56 Å². The fourth-order valence-corrected chi connectivity index (χ4v) is 2.72. The summed E-state index contributed by atoms with van der Waals surface area (Å²) in [5.41, 5.74) is -0.315. The van der Waals surface area contributed by atoms with Crippen molar-refractivity contribution in [3.05, 3.63) is 86.3 Å². The van der Waals surface area contributed by atoms with Crippen molar-refractivity contribution in [2.45, 2.75) is 13.2 Å². The molecular weight excluding hydrogens is 429 g/mol. The van der Waals surface area contributed by atoms with Gasteiger partial charge in [-0.2, -0.15) is 18.6 Å². The van der Waals surface area contributed by atoms with E-state index in [1.165, 1.54) is 36.5 Å². The molecule has 6 nitrogen and oxygen atoms in total. The first-order valence-electron chi connectivity index (χ1n) is 8.11. The number of para-hydroxylation sites is 2. The molecule has 0 aliphatic carbocycles. The molecule has 0 radical (unpaired) electrons. The lowest BCUT2D eigenvalue weighted by atomic mass is 10.1. The fourth-order valence-electron chi connectivity index (χ4n) is 2.47. The topological polar surface area (TPSA) is 70.4 Å². The van der Waals surface area contributed by atoms with Gasteiger partial charge < -0.3 is 9.47 Å².